The van der Waals surface area contributed by atoms with Gasteiger partial charge in [-0.25, -0.2) is 9.97 Å². The largest absolute Gasteiger partial charge is 0.456 e. The van der Waals surface area contributed by atoms with Crippen molar-refractivity contribution in [2.24, 2.45) is 0 Å². The molecule has 0 amide bonds. The molecule has 8 aromatic carbocycles. The maximum Gasteiger partial charge on any atom is 0.161 e. The third kappa shape index (κ3) is 4.51. The second-order valence-electron chi connectivity index (χ2n) is 12.5. The molecule has 0 saturated carbocycles. The standard InChI is InChI=1S/C46H28N2O/c1-2-13-30(14-3-1)40-28-41(33-17-10-16-31(26-33)35-21-11-23-43-44(35)38-20-8-9-22-42(38)49-43)48-46(47-40)45-36-19-7-5-15-32(36)27-39-34-18-6-4-12-29(34)24-25-37(39)45/h1-28H. The quantitative estimate of drug-likeness (QED) is 0.144. The topological polar surface area (TPSA) is 38.9 Å². The SMILES string of the molecule is c1ccc(-c2cc(-c3cccc(-c4cccc5oc6ccccc6c45)c3)nc(-c3c4ccccc4cc4c3ccc3ccccc34)n2)cc1. The summed E-state index contributed by atoms with van der Waals surface area (Å²) in [7, 11) is 0. The van der Waals surface area contributed by atoms with Crippen molar-refractivity contribution in [3.05, 3.63) is 170 Å². The lowest BCUT2D eigenvalue weighted by atomic mass is 9.92. The van der Waals surface area contributed by atoms with E-state index in [1.165, 1.54) is 21.5 Å². The van der Waals surface area contributed by atoms with E-state index in [2.05, 4.69) is 146 Å². The van der Waals surface area contributed by atoms with Gasteiger partial charge < -0.3 is 4.42 Å². The van der Waals surface area contributed by atoms with Crippen LogP contribution in [0.5, 0.6) is 0 Å². The lowest BCUT2D eigenvalue weighted by molar-refractivity contribution is 0.669. The van der Waals surface area contributed by atoms with Crippen LogP contribution in [0.2, 0.25) is 0 Å². The molecule has 0 aliphatic rings. The van der Waals surface area contributed by atoms with Gasteiger partial charge >= 0.3 is 0 Å². The van der Waals surface area contributed by atoms with Crippen molar-refractivity contribution >= 4 is 54.3 Å². The van der Waals surface area contributed by atoms with Gasteiger partial charge in [0.2, 0.25) is 0 Å². The second-order valence-corrected chi connectivity index (χ2v) is 12.5. The Morgan fingerprint density at radius 3 is 1.90 bits per heavy atom. The van der Waals surface area contributed by atoms with E-state index in [0.717, 1.165) is 71.9 Å². The van der Waals surface area contributed by atoms with Crippen molar-refractivity contribution < 1.29 is 4.42 Å². The normalized spacial score (nSPS) is 11.7. The molecule has 0 aliphatic heterocycles. The molecule has 10 rings (SSSR count). The molecule has 0 fully saturated rings. The Morgan fingerprint density at radius 2 is 1.02 bits per heavy atom. The molecule has 0 N–H and O–H groups in total. The minimum Gasteiger partial charge on any atom is -0.456 e. The number of para-hydroxylation sites is 1. The summed E-state index contributed by atoms with van der Waals surface area (Å²) >= 11 is 0. The first-order valence-corrected chi connectivity index (χ1v) is 16.6. The third-order valence-corrected chi connectivity index (χ3v) is 9.66. The van der Waals surface area contributed by atoms with Crippen LogP contribution in [0.4, 0.5) is 0 Å². The third-order valence-electron chi connectivity index (χ3n) is 9.66. The molecule has 0 saturated heterocycles. The molecule has 3 nitrogen and oxygen atoms in total. The minimum atomic E-state index is 0.710. The summed E-state index contributed by atoms with van der Waals surface area (Å²) in [6.07, 6.45) is 0. The highest BCUT2D eigenvalue weighted by Gasteiger charge is 2.18. The molecule has 2 aromatic heterocycles. The summed E-state index contributed by atoms with van der Waals surface area (Å²) in [5.74, 6) is 0.710. The Balaban J connectivity index is 1.24. The number of aromatic nitrogens is 2. The molecule has 0 bridgehead atoms. The number of rotatable bonds is 4. The van der Waals surface area contributed by atoms with Gasteiger partial charge in [-0.3, -0.25) is 0 Å². The number of furan rings is 1. The molecule has 3 heteroatoms. The molecular formula is C46H28N2O. The van der Waals surface area contributed by atoms with Gasteiger partial charge in [-0.2, -0.15) is 0 Å². The van der Waals surface area contributed by atoms with Crippen molar-refractivity contribution in [2.75, 3.05) is 0 Å². The van der Waals surface area contributed by atoms with Crippen molar-refractivity contribution in [3.8, 4) is 45.0 Å². The number of nitrogens with zero attached hydrogens (tertiary/aromatic N) is 2. The number of benzene rings is 8. The van der Waals surface area contributed by atoms with Crippen molar-refractivity contribution in [1.82, 2.24) is 9.97 Å². The monoisotopic (exact) mass is 624 g/mol. The summed E-state index contributed by atoms with van der Waals surface area (Å²) in [5, 5.41) is 9.31. The van der Waals surface area contributed by atoms with Crippen LogP contribution < -0.4 is 0 Å². The van der Waals surface area contributed by atoms with Crippen LogP contribution in [0.3, 0.4) is 0 Å². The molecule has 49 heavy (non-hydrogen) atoms. The van der Waals surface area contributed by atoms with Gasteiger partial charge in [0, 0.05) is 27.5 Å². The summed E-state index contributed by atoms with van der Waals surface area (Å²) < 4.78 is 6.24. The summed E-state index contributed by atoms with van der Waals surface area (Å²) in [6, 6.07) is 59.7. The molecule has 0 unspecified atom stereocenters. The maximum absolute atomic E-state index is 6.24. The van der Waals surface area contributed by atoms with Crippen LogP contribution in [-0.2, 0) is 0 Å². The molecule has 0 atom stereocenters. The van der Waals surface area contributed by atoms with Crippen LogP contribution in [0, 0.1) is 0 Å². The first-order valence-electron chi connectivity index (χ1n) is 16.6. The van der Waals surface area contributed by atoms with Crippen molar-refractivity contribution in [3.63, 3.8) is 0 Å². The average Bonchev–Trinajstić information content (AvgIpc) is 3.56. The van der Waals surface area contributed by atoms with Crippen LogP contribution in [-0.4, -0.2) is 9.97 Å². The molecule has 10 aromatic rings. The zero-order chi connectivity index (χ0) is 32.3. The molecular weight excluding hydrogens is 597 g/mol. The number of hydrogen-bond acceptors (Lipinski definition) is 3. The highest BCUT2D eigenvalue weighted by Crippen LogP contribution is 2.41. The van der Waals surface area contributed by atoms with Crippen LogP contribution >= 0.6 is 0 Å². The Kier molecular flexibility index (Phi) is 6.18. The van der Waals surface area contributed by atoms with Gasteiger partial charge in [-0.1, -0.05) is 140 Å². The molecule has 2 heterocycles. The number of fused-ring (bicyclic) bond motifs is 7. The summed E-state index contributed by atoms with van der Waals surface area (Å²) in [5.41, 5.74) is 8.90. The van der Waals surface area contributed by atoms with Gasteiger partial charge in [-0.05, 0) is 73.8 Å². The van der Waals surface area contributed by atoms with E-state index >= 15 is 0 Å². The Bertz CT molecular complexity index is 2890. The van der Waals surface area contributed by atoms with E-state index in [4.69, 9.17) is 14.4 Å². The maximum atomic E-state index is 6.24. The van der Waals surface area contributed by atoms with Crippen molar-refractivity contribution in [2.45, 2.75) is 0 Å². The average molecular weight is 625 g/mol. The van der Waals surface area contributed by atoms with Gasteiger partial charge in [0.05, 0.1) is 11.4 Å². The van der Waals surface area contributed by atoms with Crippen LogP contribution in [0.1, 0.15) is 0 Å². The number of hydrogen-bond donors (Lipinski definition) is 0. The zero-order valence-electron chi connectivity index (χ0n) is 26.5. The minimum absolute atomic E-state index is 0.710. The Morgan fingerprint density at radius 1 is 0.367 bits per heavy atom. The zero-order valence-corrected chi connectivity index (χ0v) is 26.5. The predicted molar refractivity (Wildman–Crippen MR) is 204 cm³/mol. The highest BCUT2D eigenvalue weighted by atomic mass is 16.3. The van der Waals surface area contributed by atoms with Crippen LogP contribution in [0.15, 0.2) is 174 Å². The molecule has 0 aliphatic carbocycles. The predicted octanol–water partition coefficient (Wildman–Crippen LogP) is 12.5. The molecule has 0 radical (unpaired) electrons. The second kappa shape index (κ2) is 11.0. The van der Waals surface area contributed by atoms with E-state index in [1.54, 1.807) is 0 Å². The van der Waals surface area contributed by atoms with E-state index < -0.39 is 0 Å². The van der Waals surface area contributed by atoms with E-state index in [9.17, 15) is 0 Å². The van der Waals surface area contributed by atoms with Gasteiger partial charge in [0.25, 0.3) is 0 Å². The molecule has 0 spiro atoms. The van der Waals surface area contributed by atoms with Gasteiger partial charge in [-0.15, -0.1) is 0 Å². The van der Waals surface area contributed by atoms with Gasteiger partial charge in [0.1, 0.15) is 11.2 Å². The van der Waals surface area contributed by atoms with E-state index in [1.807, 2.05) is 24.3 Å². The van der Waals surface area contributed by atoms with Crippen molar-refractivity contribution in [1.29, 1.82) is 0 Å². The first kappa shape index (κ1) is 27.5. The van der Waals surface area contributed by atoms with Crippen LogP contribution in [0.25, 0.3) is 99.3 Å². The Labute approximate surface area is 282 Å². The lowest BCUT2D eigenvalue weighted by Crippen LogP contribution is -1.98. The fraction of sp³-hybridized carbons (Fsp3) is 0. The van der Waals surface area contributed by atoms with E-state index in [0.29, 0.717) is 5.82 Å². The van der Waals surface area contributed by atoms with E-state index in [-0.39, 0.29) is 0 Å². The lowest BCUT2D eigenvalue weighted by Gasteiger charge is -2.15. The summed E-state index contributed by atoms with van der Waals surface area (Å²) in [4.78, 5) is 10.7. The highest BCUT2D eigenvalue weighted by molar-refractivity contribution is 6.19. The fourth-order valence-electron chi connectivity index (χ4n) is 7.39. The van der Waals surface area contributed by atoms with Gasteiger partial charge in [0.15, 0.2) is 5.82 Å². The fourth-order valence-corrected chi connectivity index (χ4v) is 7.39. The molecule has 228 valence electrons. The summed E-state index contributed by atoms with van der Waals surface area (Å²) in [6.45, 7) is 0. The Hall–Kier alpha value is -6.58. The first-order chi connectivity index (χ1) is 24.3. The smallest absolute Gasteiger partial charge is 0.161 e.